The van der Waals surface area contributed by atoms with Crippen LogP contribution < -0.4 is 0 Å². The summed E-state index contributed by atoms with van der Waals surface area (Å²) >= 11 is 0. The van der Waals surface area contributed by atoms with E-state index in [0.29, 0.717) is 38.6 Å². The van der Waals surface area contributed by atoms with Gasteiger partial charge in [0, 0.05) is 13.1 Å². The molecule has 3 atom stereocenters. The third kappa shape index (κ3) is 3.65. The number of ether oxygens (including phenoxy) is 1. The predicted molar refractivity (Wildman–Crippen MR) is 74.9 cm³/mol. The second-order valence-corrected chi connectivity index (χ2v) is 5.75. The van der Waals surface area contributed by atoms with Crippen molar-refractivity contribution in [3.05, 3.63) is 0 Å². The lowest BCUT2D eigenvalue weighted by Gasteiger charge is -2.41. The average molecular weight is 300 g/mol. The third-order valence-corrected chi connectivity index (χ3v) is 4.43. The first-order valence-electron chi connectivity index (χ1n) is 7.57. The van der Waals surface area contributed by atoms with Crippen molar-refractivity contribution in [3.8, 4) is 0 Å². The van der Waals surface area contributed by atoms with Crippen molar-refractivity contribution in [2.45, 2.75) is 38.3 Å². The van der Waals surface area contributed by atoms with Crippen molar-refractivity contribution in [2.24, 2.45) is 5.92 Å². The highest BCUT2D eigenvalue weighted by atomic mass is 16.5. The maximum Gasteiger partial charge on any atom is 0.326 e. The van der Waals surface area contributed by atoms with Gasteiger partial charge >= 0.3 is 12.0 Å². The lowest BCUT2D eigenvalue weighted by atomic mass is 9.89. The number of aliphatic carboxylic acids is 1. The molecule has 0 aromatic carbocycles. The molecule has 7 nitrogen and oxygen atoms in total. The molecule has 2 amide bonds. The van der Waals surface area contributed by atoms with Crippen molar-refractivity contribution in [1.29, 1.82) is 0 Å². The molecule has 2 aliphatic rings. The minimum atomic E-state index is -0.937. The van der Waals surface area contributed by atoms with Crippen LogP contribution in [0.5, 0.6) is 0 Å². The monoisotopic (exact) mass is 300 g/mol. The SMILES string of the molecule is CCC1CCN(C(=O)N2CCOC(CO)C2)C(C(=O)O)C1. The Hall–Kier alpha value is -1.34. The number of morpholine rings is 1. The van der Waals surface area contributed by atoms with Crippen LogP contribution in [0.15, 0.2) is 0 Å². The lowest BCUT2D eigenvalue weighted by molar-refractivity contribution is -0.144. The topological polar surface area (TPSA) is 90.3 Å². The van der Waals surface area contributed by atoms with Gasteiger partial charge in [-0.25, -0.2) is 9.59 Å². The van der Waals surface area contributed by atoms with Gasteiger partial charge in [-0.2, -0.15) is 0 Å². The standard InChI is InChI=1S/C14H24N2O5/c1-2-10-3-4-16(12(7-10)13(18)19)14(20)15-5-6-21-11(8-15)9-17/h10-12,17H,2-9H2,1H3,(H,18,19). The Morgan fingerprint density at radius 1 is 1.33 bits per heavy atom. The maximum atomic E-state index is 12.6. The van der Waals surface area contributed by atoms with E-state index < -0.39 is 12.0 Å². The summed E-state index contributed by atoms with van der Waals surface area (Å²) in [5.74, 6) is -0.571. The molecular weight excluding hydrogens is 276 g/mol. The smallest absolute Gasteiger partial charge is 0.326 e. The highest BCUT2D eigenvalue weighted by Crippen LogP contribution is 2.26. The third-order valence-electron chi connectivity index (χ3n) is 4.43. The minimum Gasteiger partial charge on any atom is -0.480 e. The summed E-state index contributed by atoms with van der Waals surface area (Å²) in [6.07, 6.45) is 1.93. The Balaban J connectivity index is 2.04. The highest BCUT2D eigenvalue weighted by molar-refractivity contribution is 5.83. The molecule has 2 aliphatic heterocycles. The summed E-state index contributed by atoms with van der Waals surface area (Å²) < 4.78 is 5.32. The number of carboxylic acids is 1. The fraction of sp³-hybridized carbons (Fsp3) is 0.857. The number of nitrogens with zero attached hydrogens (tertiary/aromatic N) is 2. The van der Waals surface area contributed by atoms with Gasteiger partial charge in [0.05, 0.1) is 25.9 Å². The second-order valence-electron chi connectivity index (χ2n) is 5.75. The lowest BCUT2D eigenvalue weighted by Crippen LogP contribution is -2.57. The summed E-state index contributed by atoms with van der Waals surface area (Å²) in [5, 5.41) is 18.5. The molecule has 21 heavy (non-hydrogen) atoms. The Kier molecular flexibility index (Phi) is 5.41. The van der Waals surface area contributed by atoms with Crippen molar-refractivity contribution < 1.29 is 24.5 Å². The van der Waals surface area contributed by atoms with Crippen molar-refractivity contribution in [3.63, 3.8) is 0 Å². The summed E-state index contributed by atoms with van der Waals surface area (Å²) in [7, 11) is 0. The molecule has 2 heterocycles. The minimum absolute atomic E-state index is 0.135. The Labute approximate surface area is 124 Å². The zero-order chi connectivity index (χ0) is 15.4. The summed E-state index contributed by atoms with van der Waals surface area (Å²) in [6.45, 7) is 3.53. The van der Waals surface area contributed by atoms with E-state index >= 15 is 0 Å². The molecule has 2 fully saturated rings. The first kappa shape index (κ1) is 16.0. The van der Waals surface area contributed by atoms with Gasteiger partial charge in [0.2, 0.25) is 0 Å². The zero-order valence-electron chi connectivity index (χ0n) is 12.4. The quantitative estimate of drug-likeness (QED) is 0.786. The number of carbonyl (C=O) groups excluding carboxylic acids is 1. The van der Waals surface area contributed by atoms with E-state index in [-0.39, 0.29) is 18.7 Å². The van der Waals surface area contributed by atoms with E-state index in [2.05, 4.69) is 6.92 Å². The van der Waals surface area contributed by atoms with Crippen molar-refractivity contribution >= 4 is 12.0 Å². The van der Waals surface area contributed by atoms with Crippen LogP contribution in [0.4, 0.5) is 4.79 Å². The Morgan fingerprint density at radius 3 is 2.71 bits per heavy atom. The number of hydrogen-bond donors (Lipinski definition) is 2. The second kappa shape index (κ2) is 7.09. The molecule has 0 spiro atoms. The van der Waals surface area contributed by atoms with E-state index in [9.17, 15) is 14.7 Å². The van der Waals surface area contributed by atoms with Crippen LogP contribution in [-0.2, 0) is 9.53 Å². The highest BCUT2D eigenvalue weighted by Gasteiger charge is 2.38. The molecule has 0 aromatic rings. The predicted octanol–water partition coefficient (Wildman–Crippen LogP) is 0.375. The number of aliphatic hydroxyl groups excluding tert-OH is 1. The summed E-state index contributed by atoms with van der Waals surface area (Å²) in [4.78, 5) is 27.1. The summed E-state index contributed by atoms with van der Waals surface area (Å²) in [5.41, 5.74) is 0. The fourth-order valence-electron chi connectivity index (χ4n) is 3.06. The van der Waals surface area contributed by atoms with Crippen LogP contribution in [-0.4, -0.2) is 77.0 Å². The van der Waals surface area contributed by atoms with Gasteiger partial charge in [-0.15, -0.1) is 0 Å². The van der Waals surface area contributed by atoms with Gasteiger partial charge in [0.25, 0.3) is 0 Å². The molecule has 0 saturated carbocycles. The molecule has 0 radical (unpaired) electrons. The molecule has 0 bridgehead atoms. The van der Waals surface area contributed by atoms with Gasteiger partial charge < -0.3 is 24.7 Å². The van der Waals surface area contributed by atoms with E-state index in [4.69, 9.17) is 9.84 Å². The zero-order valence-corrected chi connectivity index (χ0v) is 12.4. The van der Waals surface area contributed by atoms with Crippen molar-refractivity contribution in [2.75, 3.05) is 32.8 Å². The van der Waals surface area contributed by atoms with E-state index in [1.54, 1.807) is 4.90 Å². The average Bonchev–Trinajstić information content (AvgIpc) is 2.53. The molecule has 2 rings (SSSR count). The van der Waals surface area contributed by atoms with E-state index in [0.717, 1.165) is 12.8 Å². The van der Waals surface area contributed by atoms with E-state index in [1.165, 1.54) is 4.90 Å². The molecule has 3 unspecified atom stereocenters. The van der Waals surface area contributed by atoms with Crippen LogP contribution in [0.1, 0.15) is 26.2 Å². The first-order chi connectivity index (χ1) is 10.1. The Morgan fingerprint density at radius 2 is 2.10 bits per heavy atom. The normalized spacial score (nSPS) is 30.3. The fourth-order valence-corrected chi connectivity index (χ4v) is 3.06. The van der Waals surface area contributed by atoms with Crippen LogP contribution in [0.3, 0.4) is 0 Å². The maximum absolute atomic E-state index is 12.6. The number of rotatable bonds is 3. The molecule has 120 valence electrons. The molecule has 7 heteroatoms. The van der Waals surface area contributed by atoms with Crippen LogP contribution in [0, 0.1) is 5.92 Å². The number of piperidine rings is 1. The number of carbonyl (C=O) groups is 2. The van der Waals surface area contributed by atoms with Gasteiger partial charge in [0.1, 0.15) is 6.04 Å². The number of carboxylic acid groups (broad SMARTS) is 1. The van der Waals surface area contributed by atoms with Gasteiger partial charge in [0.15, 0.2) is 0 Å². The number of aliphatic hydroxyl groups is 1. The van der Waals surface area contributed by atoms with Crippen LogP contribution in [0.2, 0.25) is 0 Å². The largest absolute Gasteiger partial charge is 0.480 e. The number of urea groups is 1. The molecule has 2 N–H and O–H groups in total. The first-order valence-corrected chi connectivity index (χ1v) is 7.57. The number of amides is 2. The van der Waals surface area contributed by atoms with Gasteiger partial charge in [-0.3, -0.25) is 0 Å². The van der Waals surface area contributed by atoms with E-state index in [1.807, 2.05) is 0 Å². The molecule has 0 aromatic heterocycles. The van der Waals surface area contributed by atoms with Crippen LogP contribution >= 0.6 is 0 Å². The molecule has 2 saturated heterocycles. The number of hydrogen-bond acceptors (Lipinski definition) is 4. The Bertz CT molecular complexity index is 390. The molecular formula is C14H24N2O5. The van der Waals surface area contributed by atoms with Crippen LogP contribution in [0.25, 0.3) is 0 Å². The number of likely N-dealkylation sites (tertiary alicyclic amines) is 1. The van der Waals surface area contributed by atoms with Gasteiger partial charge in [-0.1, -0.05) is 13.3 Å². The summed E-state index contributed by atoms with van der Waals surface area (Å²) in [6, 6.07) is -0.995. The van der Waals surface area contributed by atoms with Gasteiger partial charge in [-0.05, 0) is 18.8 Å². The van der Waals surface area contributed by atoms with Crippen molar-refractivity contribution in [1.82, 2.24) is 9.80 Å². The molecule has 0 aliphatic carbocycles.